The van der Waals surface area contributed by atoms with Gasteiger partial charge in [-0.1, -0.05) is 0 Å². The van der Waals surface area contributed by atoms with Gasteiger partial charge in [0.2, 0.25) is 0 Å². The Balaban J connectivity index is 1.65. The average Bonchev–Trinajstić information content (AvgIpc) is 2.99. The van der Waals surface area contributed by atoms with Gasteiger partial charge >= 0.3 is 0 Å². The molecule has 3 rings (SSSR count). The lowest BCUT2D eigenvalue weighted by atomic mass is 10.2. The Kier molecular flexibility index (Phi) is 3.38. The summed E-state index contributed by atoms with van der Waals surface area (Å²) in [5.41, 5.74) is 3.79. The largest absolute Gasteiger partial charge is 0.336 e. The van der Waals surface area contributed by atoms with Gasteiger partial charge in [-0.15, -0.1) is 0 Å². The molecule has 1 N–H and O–H groups in total. The molecule has 0 spiro atoms. The fourth-order valence-corrected chi connectivity index (χ4v) is 2.37. The van der Waals surface area contributed by atoms with E-state index in [2.05, 4.69) is 38.5 Å². The number of hydrogen-bond acceptors (Lipinski definition) is 3. The molecule has 5 heteroatoms. The molecule has 0 aromatic carbocycles. The second-order valence-corrected chi connectivity index (χ2v) is 5.33. The summed E-state index contributed by atoms with van der Waals surface area (Å²) in [6.07, 6.45) is 8.30. The first-order valence-corrected chi connectivity index (χ1v) is 6.96. The van der Waals surface area contributed by atoms with Crippen LogP contribution in [0.25, 0.3) is 0 Å². The quantitative estimate of drug-likeness (QED) is 0.858. The summed E-state index contributed by atoms with van der Waals surface area (Å²) < 4.78 is 4.19. The van der Waals surface area contributed by atoms with Crippen molar-refractivity contribution < 1.29 is 0 Å². The predicted molar refractivity (Wildman–Crippen MR) is 73.8 cm³/mol. The summed E-state index contributed by atoms with van der Waals surface area (Å²) in [6, 6.07) is 0.744. The Hall–Kier alpha value is -1.62. The van der Waals surface area contributed by atoms with Gasteiger partial charge in [-0.2, -0.15) is 5.10 Å². The summed E-state index contributed by atoms with van der Waals surface area (Å²) >= 11 is 0. The van der Waals surface area contributed by atoms with Crippen molar-refractivity contribution in [2.45, 2.75) is 52.4 Å². The molecular formula is C14H21N5. The lowest BCUT2D eigenvalue weighted by Gasteiger charge is -2.07. The monoisotopic (exact) mass is 259 g/mol. The molecule has 1 aliphatic rings. The van der Waals surface area contributed by atoms with Crippen LogP contribution in [0, 0.1) is 13.8 Å². The first kappa shape index (κ1) is 12.4. The van der Waals surface area contributed by atoms with Crippen molar-refractivity contribution in [3.8, 4) is 0 Å². The summed E-state index contributed by atoms with van der Waals surface area (Å²) in [5.74, 6) is 0. The maximum Gasteiger partial charge on any atom is 0.0946 e. The SMILES string of the molecule is Cc1nn(CCn2ccnc2)c(C)c1CNC1CC1. The van der Waals surface area contributed by atoms with Crippen LogP contribution < -0.4 is 5.32 Å². The summed E-state index contributed by atoms with van der Waals surface area (Å²) in [5, 5.41) is 8.22. The van der Waals surface area contributed by atoms with Crippen LogP contribution in [0.3, 0.4) is 0 Å². The highest BCUT2D eigenvalue weighted by molar-refractivity contribution is 5.24. The molecule has 0 radical (unpaired) electrons. The molecule has 2 heterocycles. The van der Waals surface area contributed by atoms with Crippen molar-refractivity contribution in [2.75, 3.05) is 0 Å². The molecule has 19 heavy (non-hydrogen) atoms. The van der Waals surface area contributed by atoms with Gasteiger partial charge in [0.1, 0.15) is 0 Å². The second-order valence-electron chi connectivity index (χ2n) is 5.33. The summed E-state index contributed by atoms with van der Waals surface area (Å²) in [4.78, 5) is 4.06. The third-order valence-electron chi connectivity index (χ3n) is 3.81. The number of imidazole rings is 1. The zero-order valence-corrected chi connectivity index (χ0v) is 11.6. The Bertz CT molecular complexity index is 536. The first-order chi connectivity index (χ1) is 9.24. The van der Waals surface area contributed by atoms with Gasteiger partial charge in [-0.25, -0.2) is 4.98 Å². The molecule has 2 aromatic heterocycles. The molecule has 1 aliphatic carbocycles. The minimum atomic E-state index is 0.744. The predicted octanol–water partition coefficient (Wildman–Crippen LogP) is 1.65. The van der Waals surface area contributed by atoms with Crippen LogP contribution in [0.5, 0.6) is 0 Å². The molecule has 0 atom stereocenters. The standard InChI is InChI=1S/C14H21N5/c1-11-14(9-16-13-3-4-13)12(2)19(17-11)8-7-18-6-5-15-10-18/h5-6,10,13,16H,3-4,7-9H2,1-2H3. The smallest absolute Gasteiger partial charge is 0.0946 e. The van der Waals surface area contributed by atoms with E-state index >= 15 is 0 Å². The van der Waals surface area contributed by atoms with Crippen LogP contribution in [-0.2, 0) is 19.6 Å². The molecule has 5 nitrogen and oxygen atoms in total. The van der Waals surface area contributed by atoms with Gasteiger partial charge < -0.3 is 9.88 Å². The zero-order chi connectivity index (χ0) is 13.2. The van der Waals surface area contributed by atoms with Crippen molar-refractivity contribution in [2.24, 2.45) is 0 Å². The topological polar surface area (TPSA) is 47.7 Å². The van der Waals surface area contributed by atoms with Crippen LogP contribution in [0.2, 0.25) is 0 Å². The van der Waals surface area contributed by atoms with Crippen LogP contribution in [-0.4, -0.2) is 25.4 Å². The number of rotatable bonds is 6. The van der Waals surface area contributed by atoms with E-state index in [9.17, 15) is 0 Å². The fraction of sp³-hybridized carbons (Fsp3) is 0.571. The number of hydrogen-bond donors (Lipinski definition) is 1. The number of nitrogens with one attached hydrogen (secondary N) is 1. The molecule has 0 bridgehead atoms. The van der Waals surface area contributed by atoms with E-state index in [0.29, 0.717) is 0 Å². The van der Waals surface area contributed by atoms with Crippen LogP contribution >= 0.6 is 0 Å². The Morgan fingerprint density at radius 2 is 2.16 bits per heavy atom. The van der Waals surface area contributed by atoms with Crippen molar-refractivity contribution in [1.29, 1.82) is 0 Å². The molecule has 0 unspecified atom stereocenters. The maximum absolute atomic E-state index is 4.65. The Labute approximate surface area is 113 Å². The fourth-order valence-electron chi connectivity index (χ4n) is 2.37. The number of aromatic nitrogens is 4. The average molecular weight is 259 g/mol. The Morgan fingerprint density at radius 1 is 1.32 bits per heavy atom. The highest BCUT2D eigenvalue weighted by atomic mass is 15.3. The third kappa shape index (κ3) is 2.87. The van der Waals surface area contributed by atoms with Crippen LogP contribution in [0.4, 0.5) is 0 Å². The van der Waals surface area contributed by atoms with Gasteiger partial charge in [-0.05, 0) is 26.7 Å². The minimum Gasteiger partial charge on any atom is -0.336 e. The molecule has 2 aromatic rings. The van der Waals surface area contributed by atoms with Gasteiger partial charge in [0.25, 0.3) is 0 Å². The number of nitrogens with zero attached hydrogens (tertiary/aromatic N) is 4. The van der Waals surface area contributed by atoms with Gasteiger partial charge in [0.05, 0.1) is 18.6 Å². The van der Waals surface area contributed by atoms with E-state index < -0.39 is 0 Å². The molecule has 0 aliphatic heterocycles. The molecule has 0 amide bonds. The maximum atomic E-state index is 4.65. The minimum absolute atomic E-state index is 0.744. The van der Waals surface area contributed by atoms with Crippen LogP contribution in [0.15, 0.2) is 18.7 Å². The zero-order valence-electron chi connectivity index (χ0n) is 11.6. The van der Waals surface area contributed by atoms with Crippen molar-refractivity contribution in [1.82, 2.24) is 24.6 Å². The molecule has 1 fully saturated rings. The first-order valence-electron chi connectivity index (χ1n) is 6.96. The van der Waals surface area contributed by atoms with E-state index in [1.54, 1.807) is 0 Å². The highest BCUT2D eigenvalue weighted by Gasteiger charge is 2.21. The van der Waals surface area contributed by atoms with Gasteiger partial charge in [0, 0.05) is 42.8 Å². The van der Waals surface area contributed by atoms with Crippen LogP contribution in [0.1, 0.15) is 29.8 Å². The summed E-state index contributed by atoms with van der Waals surface area (Å²) in [7, 11) is 0. The van der Waals surface area contributed by atoms with E-state index in [-0.39, 0.29) is 0 Å². The highest BCUT2D eigenvalue weighted by Crippen LogP contribution is 2.21. The van der Waals surface area contributed by atoms with Gasteiger partial charge in [-0.3, -0.25) is 4.68 Å². The second kappa shape index (κ2) is 5.17. The van der Waals surface area contributed by atoms with E-state index in [0.717, 1.165) is 31.4 Å². The van der Waals surface area contributed by atoms with Crippen molar-refractivity contribution >= 4 is 0 Å². The molecular weight excluding hydrogens is 238 g/mol. The lowest BCUT2D eigenvalue weighted by Crippen LogP contribution is -2.16. The van der Waals surface area contributed by atoms with Crippen molar-refractivity contribution in [3.63, 3.8) is 0 Å². The normalized spacial score (nSPS) is 15.1. The van der Waals surface area contributed by atoms with E-state index in [1.807, 2.05) is 18.7 Å². The molecule has 102 valence electrons. The number of aryl methyl sites for hydroxylation is 3. The van der Waals surface area contributed by atoms with E-state index in [4.69, 9.17) is 0 Å². The van der Waals surface area contributed by atoms with Crippen molar-refractivity contribution in [3.05, 3.63) is 35.7 Å². The third-order valence-corrected chi connectivity index (χ3v) is 3.81. The van der Waals surface area contributed by atoms with Gasteiger partial charge in [0.15, 0.2) is 0 Å². The summed E-state index contributed by atoms with van der Waals surface area (Å²) in [6.45, 7) is 7.03. The Morgan fingerprint density at radius 3 is 2.84 bits per heavy atom. The van der Waals surface area contributed by atoms with E-state index in [1.165, 1.54) is 24.1 Å². The lowest BCUT2D eigenvalue weighted by molar-refractivity contribution is 0.520. The molecule has 1 saturated carbocycles. The molecule has 0 saturated heterocycles.